The Bertz CT molecular complexity index is 329. The van der Waals surface area contributed by atoms with Crippen molar-refractivity contribution in [2.24, 2.45) is 5.92 Å². The minimum absolute atomic E-state index is 0.267. The number of nitrogens with zero attached hydrogens (tertiary/aromatic N) is 1. The van der Waals surface area contributed by atoms with Crippen LogP contribution in [0.2, 0.25) is 0 Å². The third-order valence-electron chi connectivity index (χ3n) is 5.18. The molecule has 0 aromatic rings. The van der Waals surface area contributed by atoms with Crippen LogP contribution in [0, 0.1) is 5.92 Å². The van der Waals surface area contributed by atoms with E-state index in [0.29, 0.717) is 24.0 Å². The number of rotatable bonds is 5. The molecule has 0 aromatic heterocycles. The number of hydrogen-bond donors (Lipinski definition) is 2. The largest absolute Gasteiger partial charge is 0.352 e. The molecule has 3 heterocycles. The van der Waals surface area contributed by atoms with Gasteiger partial charge in [0.05, 0.1) is 0 Å². The Hall–Kier alpha value is -0.610. The number of likely N-dealkylation sites (tertiary alicyclic amines) is 1. The van der Waals surface area contributed by atoms with Gasteiger partial charge in [-0.3, -0.25) is 4.79 Å². The second kappa shape index (κ2) is 6.44. The molecular formula is C16H29N3O. The van der Waals surface area contributed by atoms with Crippen molar-refractivity contribution in [2.75, 3.05) is 19.6 Å². The number of fused-ring (bicyclic) bond motifs is 2. The third-order valence-corrected chi connectivity index (χ3v) is 5.18. The Kier molecular flexibility index (Phi) is 4.61. The molecule has 2 N–H and O–H groups in total. The number of carbonyl (C=O) groups excluding carboxylic acids is 1. The van der Waals surface area contributed by atoms with Crippen LogP contribution in [0.5, 0.6) is 0 Å². The summed E-state index contributed by atoms with van der Waals surface area (Å²) in [5, 5.41) is 6.85. The summed E-state index contributed by atoms with van der Waals surface area (Å²) in [5.74, 6) is 0.871. The lowest BCUT2D eigenvalue weighted by Crippen LogP contribution is -2.43. The van der Waals surface area contributed by atoms with Crippen LogP contribution in [-0.4, -0.2) is 48.6 Å². The molecular weight excluding hydrogens is 250 g/mol. The highest BCUT2D eigenvalue weighted by Crippen LogP contribution is 2.32. The quantitative estimate of drug-likeness (QED) is 0.802. The highest BCUT2D eigenvalue weighted by atomic mass is 16.1. The zero-order valence-corrected chi connectivity index (χ0v) is 12.7. The second-order valence-electron chi connectivity index (χ2n) is 7.16. The predicted molar refractivity (Wildman–Crippen MR) is 80.6 cm³/mol. The number of nitrogens with one attached hydrogen (secondary N) is 2. The van der Waals surface area contributed by atoms with E-state index in [9.17, 15) is 4.79 Å². The molecule has 0 aliphatic carbocycles. The maximum absolute atomic E-state index is 12.2. The third kappa shape index (κ3) is 3.73. The van der Waals surface area contributed by atoms with Gasteiger partial charge in [-0.2, -0.15) is 0 Å². The highest BCUT2D eigenvalue weighted by molar-refractivity contribution is 5.76. The monoisotopic (exact) mass is 279 g/mol. The van der Waals surface area contributed by atoms with Crippen LogP contribution in [0.15, 0.2) is 0 Å². The lowest BCUT2D eigenvalue weighted by Gasteiger charge is -2.29. The van der Waals surface area contributed by atoms with Crippen LogP contribution in [-0.2, 0) is 4.79 Å². The summed E-state index contributed by atoms with van der Waals surface area (Å²) in [6, 6.07) is 1.67. The van der Waals surface area contributed by atoms with Crippen LogP contribution in [0.25, 0.3) is 0 Å². The number of carbonyl (C=O) groups is 1. The maximum atomic E-state index is 12.2. The normalized spacial score (nSPS) is 35.1. The van der Waals surface area contributed by atoms with E-state index in [2.05, 4.69) is 22.5 Å². The van der Waals surface area contributed by atoms with Gasteiger partial charge in [0, 0.05) is 31.1 Å². The van der Waals surface area contributed by atoms with Gasteiger partial charge >= 0.3 is 0 Å². The van der Waals surface area contributed by atoms with Crippen molar-refractivity contribution in [3.8, 4) is 0 Å². The lowest BCUT2D eigenvalue weighted by molar-refractivity contribution is -0.123. The van der Waals surface area contributed by atoms with Crippen LogP contribution >= 0.6 is 0 Å². The standard InChI is InChI=1S/C16H29N3O/c1-12(11-19-6-2-3-7-19)17-16(20)10-13-8-14-4-5-15(9-13)18-14/h12-15,18H,2-11H2,1H3,(H,17,20). The summed E-state index contributed by atoms with van der Waals surface area (Å²) in [4.78, 5) is 14.6. The minimum Gasteiger partial charge on any atom is -0.352 e. The summed E-state index contributed by atoms with van der Waals surface area (Å²) in [7, 11) is 0. The van der Waals surface area contributed by atoms with Gasteiger partial charge in [-0.05, 0) is 64.5 Å². The molecule has 2 bridgehead atoms. The first-order chi connectivity index (χ1) is 9.69. The van der Waals surface area contributed by atoms with Gasteiger partial charge in [-0.1, -0.05) is 0 Å². The Morgan fingerprint density at radius 1 is 1.25 bits per heavy atom. The maximum Gasteiger partial charge on any atom is 0.220 e. The van der Waals surface area contributed by atoms with Crippen LogP contribution in [0.4, 0.5) is 0 Å². The molecule has 3 rings (SSSR count). The van der Waals surface area contributed by atoms with Gasteiger partial charge in [0.15, 0.2) is 0 Å². The smallest absolute Gasteiger partial charge is 0.220 e. The van der Waals surface area contributed by atoms with Crippen LogP contribution in [0.1, 0.15) is 51.9 Å². The molecule has 3 unspecified atom stereocenters. The Balaban J connectivity index is 1.38. The van der Waals surface area contributed by atoms with Gasteiger partial charge in [-0.25, -0.2) is 0 Å². The predicted octanol–water partition coefficient (Wildman–Crippen LogP) is 1.51. The van der Waals surface area contributed by atoms with E-state index < -0.39 is 0 Å². The first-order valence-corrected chi connectivity index (χ1v) is 8.47. The van der Waals surface area contributed by atoms with E-state index >= 15 is 0 Å². The molecule has 0 radical (unpaired) electrons. The van der Waals surface area contributed by atoms with Gasteiger partial charge in [0.1, 0.15) is 0 Å². The fourth-order valence-electron chi connectivity index (χ4n) is 4.34. The highest BCUT2D eigenvalue weighted by Gasteiger charge is 2.34. The molecule has 0 aromatic carbocycles. The molecule has 3 saturated heterocycles. The van der Waals surface area contributed by atoms with E-state index in [0.717, 1.165) is 13.0 Å². The Morgan fingerprint density at radius 3 is 2.55 bits per heavy atom. The summed E-state index contributed by atoms with van der Waals surface area (Å²) in [6.07, 6.45) is 8.40. The average Bonchev–Trinajstić information content (AvgIpc) is 2.99. The molecule has 114 valence electrons. The molecule has 1 amide bonds. The van der Waals surface area contributed by atoms with Gasteiger partial charge in [-0.15, -0.1) is 0 Å². The summed E-state index contributed by atoms with van der Waals surface area (Å²) in [5.41, 5.74) is 0. The number of amides is 1. The minimum atomic E-state index is 0.267. The van der Waals surface area contributed by atoms with E-state index in [1.165, 1.54) is 51.6 Å². The fraction of sp³-hybridized carbons (Fsp3) is 0.938. The number of piperidine rings is 1. The van der Waals surface area contributed by atoms with E-state index in [-0.39, 0.29) is 5.91 Å². The van der Waals surface area contributed by atoms with Gasteiger partial charge in [0.2, 0.25) is 5.91 Å². The molecule has 0 saturated carbocycles. The fourth-order valence-corrected chi connectivity index (χ4v) is 4.34. The van der Waals surface area contributed by atoms with Gasteiger partial charge < -0.3 is 15.5 Å². The first kappa shape index (κ1) is 14.3. The van der Waals surface area contributed by atoms with Crippen LogP contribution < -0.4 is 10.6 Å². The van der Waals surface area contributed by atoms with E-state index in [4.69, 9.17) is 0 Å². The molecule has 3 atom stereocenters. The molecule has 0 spiro atoms. The molecule has 20 heavy (non-hydrogen) atoms. The Labute approximate surface area is 122 Å². The summed E-state index contributed by atoms with van der Waals surface area (Å²) in [6.45, 7) is 5.57. The summed E-state index contributed by atoms with van der Waals surface area (Å²) >= 11 is 0. The van der Waals surface area contributed by atoms with Crippen molar-refractivity contribution in [2.45, 2.75) is 70.0 Å². The molecule has 3 fully saturated rings. The van der Waals surface area contributed by atoms with Crippen molar-refractivity contribution >= 4 is 5.91 Å². The van der Waals surface area contributed by atoms with Gasteiger partial charge in [0.25, 0.3) is 0 Å². The van der Waals surface area contributed by atoms with Crippen molar-refractivity contribution in [1.82, 2.24) is 15.5 Å². The molecule has 3 aliphatic rings. The van der Waals surface area contributed by atoms with E-state index in [1.54, 1.807) is 0 Å². The first-order valence-electron chi connectivity index (χ1n) is 8.47. The van der Waals surface area contributed by atoms with Crippen molar-refractivity contribution in [3.63, 3.8) is 0 Å². The van der Waals surface area contributed by atoms with Crippen molar-refractivity contribution in [1.29, 1.82) is 0 Å². The molecule has 3 aliphatic heterocycles. The number of hydrogen-bond acceptors (Lipinski definition) is 3. The topological polar surface area (TPSA) is 44.4 Å². The van der Waals surface area contributed by atoms with E-state index in [1.807, 2.05) is 0 Å². The van der Waals surface area contributed by atoms with Crippen molar-refractivity contribution < 1.29 is 4.79 Å². The average molecular weight is 279 g/mol. The van der Waals surface area contributed by atoms with Crippen molar-refractivity contribution in [3.05, 3.63) is 0 Å². The Morgan fingerprint density at radius 2 is 1.90 bits per heavy atom. The lowest BCUT2D eigenvalue weighted by atomic mass is 9.89. The SMILES string of the molecule is CC(CN1CCCC1)NC(=O)CC1CC2CCC(C1)N2. The zero-order valence-electron chi connectivity index (χ0n) is 12.7. The summed E-state index contributed by atoms with van der Waals surface area (Å²) < 4.78 is 0. The van der Waals surface area contributed by atoms with Crippen LogP contribution in [0.3, 0.4) is 0 Å². The zero-order chi connectivity index (χ0) is 13.9. The molecule has 4 heteroatoms. The molecule has 4 nitrogen and oxygen atoms in total. The second-order valence-corrected chi connectivity index (χ2v) is 7.16.